The Kier molecular flexibility index (Phi) is 3.15. The first-order valence-electron chi connectivity index (χ1n) is 5.48. The van der Waals surface area contributed by atoms with Crippen molar-refractivity contribution in [3.8, 4) is 11.6 Å². The Morgan fingerprint density at radius 1 is 1.33 bits per heavy atom. The Labute approximate surface area is 116 Å². The van der Waals surface area contributed by atoms with Crippen LogP contribution in [0.1, 0.15) is 5.01 Å². The van der Waals surface area contributed by atoms with E-state index in [1.54, 1.807) is 11.3 Å². The highest BCUT2D eigenvalue weighted by atomic mass is 79.9. The molecule has 0 atom stereocenters. The number of thiazole rings is 1. The van der Waals surface area contributed by atoms with E-state index in [1.807, 2.05) is 23.6 Å². The van der Waals surface area contributed by atoms with Crippen molar-refractivity contribution in [3.63, 3.8) is 0 Å². The summed E-state index contributed by atoms with van der Waals surface area (Å²) in [6.07, 6.45) is 0.786. The van der Waals surface area contributed by atoms with Gasteiger partial charge in [-0.25, -0.2) is 9.97 Å². The fourth-order valence-corrected chi connectivity index (χ4v) is 2.90. The molecule has 0 saturated heterocycles. The number of halogens is 1. The molecule has 0 amide bonds. The predicted octanol–water partition coefficient (Wildman–Crippen LogP) is 3.22. The number of aromatic nitrogens is 2. The molecule has 1 aromatic carbocycles. The zero-order valence-electron chi connectivity index (χ0n) is 9.39. The zero-order valence-corrected chi connectivity index (χ0v) is 11.8. The van der Waals surface area contributed by atoms with E-state index in [9.17, 15) is 0 Å². The summed E-state index contributed by atoms with van der Waals surface area (Å²) in [5.74, 6) is 0.552. The molecule has 0 radical (unpaired) electrons. The van der Waals surface area contributed by atoms with Crippen LogP contribution in [-0.4, -0.2) is 16.5 Å². The molecule has 0 aliphatic rings. The van der Waals surface area contributed by atoms with E-state index in [0.717, 1.165) is 32.7 Å². The molecule has 18 heavy (non-hydrogen) atoms. The number of benzene rings is 1. The highest BCUT2D eigenvalue weighted by Crippen LogP contribution is 2.29. The number of nitrogens with two attached hydrogens (primary N) is 1. The number of hydrogen-bond donors (Lipinski definition) is 1. The number of oxazole rings is 1. The lowest BCUT2D eigenvalue weighted by atomic mass is 10.3. The Morgan fingerprint density at radius 2 is 2.22 bits per heavy atom. The maximum absolute atomic E-state index is 5.73. The molecule has 6 heteroatoms. The van der Waals surface area contributed by atoms with E-state index < -0.39 is 0 Å². The monoisotopic (exact) mass is 323 g/mol. The number of rotatable bonds is 3. The average Bonchev–Trinajstić information content (AvgIpc) is 2.96. The normalized spacial score (nSPS) is 11.2. The van der Waals surface area contributed by atoms with Crippen molar-refractivity contribution in [2.24, 2.45) is 5.73 Å². The molecule has 0 fully saturated rings. The van der Waals surface area contributed by atoms with Crippen LogP contribution < -0.4 is 5.73 Å². The van der Waals surface area contributed by atoms with Crippen molar-refractivity contribution >= 4 is 38.4 Å². The van der Waals surface area contributed by atoms with Crippen molar-refractivity contribution in [2.45, 2.75) is 6.42 Å². The molecule has 0 unspecified atom stereocenters. The minimum atomic E-state index is 0.552. The van der Waals surface area contributed by atoms with Gasteiger partial charge in [-0.15, -0.1) is 11.3 Å². The summed E-state index contributed by atoms with van der Waals surface area (Å²) < 4.78 is 6.63. The Balaban J connectivity index is 2.05. The zero-order chi connectivity index (χ0) is 12.5. The number of fused-ring (bicyclic) bond motifs is 1. The van der Waals surface area contributed by atoms with Crippen molar-refractivity contribution < 1.29 is 4.42 Å². The van der Waals surface area contributed by atoms with Crippen molar-refractivity contribution in [1.82, 2.24) is 9.97 Å². The lowest BCUT2D eigenvalue weighted by Gasteiger charge is -1.89. The van der Waals surface area contributed by atoms with E-state index >= 15 is 0 Å². The fourth-order valence-electron chi connectivity index (χ4n) is 1.67. The van der Waals surface area contributed by atoms with Gasteiger partial charge in [-0.2, -0.15) is 0 Å². The molecule has 0 spiro atoms. The minimum absolute atomic E-state index is 0.552. The topological polar surface area (TPSA) is 64.9 Å². The van der Waals surface area contributed by atoms with Crippen LogP contribution in [0.15, 0.2) is 32.5 Å². The van der Waals surface area contributed by atoms with E-state index in [4.69, 9.17) is 10.2 Å². The molecule has 0 saturated carbocycles. The molecule has 0 aliphatic heterocycles. The first kappa shape index (κ1) is 11.8. The maximum atomic E-state index is 5.73. The second-order valence-corrected chi connectivity index (χ2v) is 5.57. The average molecular weight is 324 g/mol. The minimum Gasteiger partial charge on any atom is -0.433 e. The molecule has 2 aromatic heterocycles. The molecule has 0 aliphatic carbocycles. The second kappa shape index (κ2) is 4.79. The van der Waals surface area contributed by atoms with Crippen LogP contribution in [0, 0.1) is 0 Å². The van der Waals surface area contributed by atoms with E-state index in [2.05, 4.69) is 25.9 Å². The number of para-hydroxylation sites is 1. The third-order valence-corrected chi connectivity index (χ3v) is 4.03. The number of hydrogen-bond acceptors (Lipinski definition) is 5. The molecule has 0 bridgehead atoms. The van der Waals surface area contributed by atoms with Gasteiger partial charge in [-0.3, -0.25) is 0 Å². The SMILES string of the molecule is NCCc1nc(-c2nc3cccc(Br)c3o2)cs1. The summed E-state index contributed by atoms with van der Waals surface area (Å²) in [7, 11) is 0. The van der Waals surface area contributed by atoms with Crippen molar-refractivity contribution in [3.05, 3.63) is 33.1 Å². The quantitative estimate of drug-likeness (QED) is 0.803. The Morgan fingerprint density at radius 3 is 3.00 bits per heavy atom. The van der Waals surface area contributed by atoms with Gasteiger partial charge >= 0.3 is 0 Å². The van der Waals surface area contributed by atoms with Gasteiger partial charge in [0.2, 0.25) is 5.89 Å². The highest BCUT2D eigenvalue weighted by molar-refractivity contribution is 9.10. The van der Waals surface area contributed by atoms with Crippen LogP contribution in [0.3, 0.4) is 0 Å². The van der Waals surface area contributed by atoms with Crippen LogP contribution in [0.4, 0.5) is 0 Å². The van der Waals surface area contributed by atoms with Gasteiger partial charge in [-0.1, -0.05) is 6.07 Å². The maximum Gasteiger partial charge on any atom is 0.247 e. The molecular weight excluding hydrogens is 314 g/mol. The molecule has 2 heterocycles. The van der Waals surface area contributed by atoms with E-state index in [1.165, 1.54) is 0 Å². The summed E-state index contributed by atoms with van der Waals surface area (Å²) in [6, 6.07) is 5.78. The lowest BCUT2D eigenvalue weighted by molar-refractivity contribution is 0.615. The van der Waals surface area contributed by atoms with Crippen LogP contribution in [0.25, 0.3) is 22.7 Å². The first-order chi connectivity index (χ1) is 8.78. The van der Waals surface area contributed by atoms with Crippen molar-refractivity contribution in [1.29, 1.82) is 0 Å². The molecule has 92 valence electrons. The Bertz CT molecular complexity index is 692. The standard InChI is InChI=1S/C12H10BrN3OS/c13-7-2-1-3-8-11(7)17-12(16-8)9-6-18-10(15-9)4-5-14/h1-3,6H,4-5,14H2. The first-order valence-corrected chi connectivity index (χ1v) is 7.15. The molecule has 3 rings (SSSR count). The van der Waals surface area contributed by atoms with Crippen LogP contribution >= 0.6 is 27.3 Å². The summed E-state index contributed by atoms with van der Waals surface area (Å²) in [5, 5.41) is 2.96. The van der Waals surface area contributed by atoms with Gasteiger partial charge < -0.3 is 10.2 Å². The second-order valence-electron chi connectivity index (χ2n) is 3.77. The lowest BCUT2D eigenvalue weighted by Crippen LogP contribution is -2.01. The van der Waals surface area contributed by atoms with Crippen LogP contribution in [-0.2, 0) is 6.42 Å². The van der Waals surface area contributed by atoms with Gasteiger partial charge in [0.05, 0.1) is 9.48 Å². The van der Waals surface area contributed by atoms with Gasteiger partial charge in [-0.05, 0) is 34.6 Å². The van der Waals surface area contributed by atoms with Crippen LogP contribution in [0.5, 0.6) is 0 Å². The third-order valence-electron chi connectivity index (χ3n) is 2.50. The molecule has 2 N–H and O–H groups in total. The van der Waals surface area contributed by atoms with Gasteiger partial charge in [0.1, 0.15) is 11.2 Å². The highest BCUT2D eigenvalue weighted by Gasteiger charge is 2.13. The van der Waals surface area contributed by atoms with Crippen molar-refractivity contribution in [2.75, 3.05) is 6.54 Å². The Hall–Kier alpha value is -1.24. The summed E-state index contributed by atoms with van der Waals surface area (Å²) in [4.78, 5) is 8.90. The third kappa shape index (κ3) is 2.07. The largest absolute Gasteiger partial charge is 0.433 e. The van der Waals surface area contributed by atoms with Gasteiger partial charge in [0.25, 0.3) is 0 Å². The van der Waals surface area contributed by atoms with Gasteiger partial charge in [0.15, 0.2) is 5.58 Å². The predicted molar refractivity (Wildman–Crippen MR) is 75.6 cm³/mol. The molecular formula is C12H10BrN3OS. The summed E-state index contributed by atoms with van der Waals surface area (Å²) in [5.41, 5.74) is 7.86. The smallest absolute Gasteiger partial charge is 0.247 e. The molecule has 3 aromatic rings. The number of nitrogens with zero attached hydrogens (tertiary/aromatic N) is 2. The fraction of sp³-hybridized carbons (Fsp3) is 0.167. The summed E-state index contributed by atoms with van der Waals surface area (Å²) >= 11 is 5.02. The molecule has 4 nitrogen and oxygen atoms in total. The van der Waals surface area contributed by atoms with E-state index in [0.29, 0.717) is 12.4 Å². The van der Waals surface area contributed by atoms with E-state index in [-0.39, 0.29) is 0 Å². The van der Waals surface area contributed by atoms with Gasteiger partial charge in [0, 0.05) is 11.8 Å². The summed E-state index contributed by atoms with van der Waals surface area (Å²) in [6.45, 7) is 0.603. The van der Waals surface area contributed by atoms with Crippen LogP contribution in [0.2, 0.25) is 0 Å².